The van der Waals surface area contributed by atoms with E-state index in [0.717, 1.165) is 29.5 Å². The maximum atomic E-state index is 13.4. The van der Waals surface area contributed by atoms with Gasteiger partial charge >= 0.3 is 5.92 Å². The summed E-state index contributed by atoms with van der Waals surface area (Å²) in [4.78, 5) is 0. The number of nitrogens with zero attached hydrogens (tertiary/aromatic N) is 1. The maximum Gasteiger partial charge on any atom is 0.300 e. The monoisotopic (exact) mass is 320 g/mol. The number of aromatic nitrogens is 1. The van der Waals surface area contributed by atoms with Gasteiger partial charge < -0.3 is 14.6 Å². The van der Waals surface area contributed by atoms with Gasteiger partial charge in [-0.15, -0.1) is 0 Å². The summed E-state index contributed by atoms with van der Waals surface area (Å²) in [5, 5.41) is 7.23. The average molecular weight is 320 g/mol. The molecule has 1 N–H and O–H groups in total. The SMILES string of the molecule is FC1(F)COC1c1cccc(NCc2cc(CC3CC3)on2)c1. The summed E-state index contributed by atoms with van der Waals surface area (Å²) in [6.07, 6.45) is 2.36. The van der Waals surface area contributed by atoms with Gasteiger partial charge in [-0.1, -0.05) is 17.3 Å². The summed E-state index contributed by atoms with van der Waals surface area (Å²) in [5.41, 5.74) is 2.07. The number of halogens is 2. The molecule has 1 aliphatic heterocycles. The van der Waals surface area contributed by atoms with Crippen LogP contribution in [-0.2, 0) is 17.7 Å². The van der Waals surface area contributed by atoms with Gasteiger partial charge in [0.15, 0.2) is 0 Å². The van der Waals surface area contributed by atoms with E-state index >= 15 is 0 Å². The molecule has 4 nitrogen and oxygen atoms in total. The fourth-order valence-electron chi connectivity index (χ4n) is 2.78. The fraction of sp³-hybridized carbons (Fsp3) is 0.471. The van der Waals surface area contributed by atoms with Crippen molar-refractivity contribution in [2.75, 3.05) is 11.9 Å². The van der Waals surface area contributed by atoms with E-state index < -0.39 is 18.6 Å². The Kier molecular flexibility index (Phi) is 3.56. The van der Waals surface area contributed by atoms with Crippen LogP contribution < -0.4 is 5.32 Å². The molecule has 1 aromatic carbocycles. The summed E-state index contributed by atoms with van der Waals surface area (Å²) in [7, 11) is 0. The van der Waals surface area contributed by atoms with Crippen LogP contribution in [0.1, 0.15) is 36.0 Å². The molecule has 2 heterocycles. The average Bonchev–Trinajstić information content (AvgIpc) is 3.21. The molecule has 1 aromatic heterocycles. The van der Waals surface area contributed by atoms with Crippen LogP contribution in [0, 0.1) is 5.92 Å². The van der Waals surface area contributed by atoms with Crippen molar-refractivity contribution >= 4 is 5.69 Å². The van der Waals surface area contributed by atoms with E-state index in [4.69, 9.17) is 9.26 Å². The van der Waals surface area contributed by atoms with E-state index in [1.165, 1.54) is 12.8 Å². The molecular formula is C17H18F2N2O2. The minimum absolute atomic E-state index is 0.487. The zero-order valence-electron chi connectivity index (χ0n) is 12.6. The first-order chi connectivity index (χ1) is 11.1. The van der Waals surface area contributed by atoms with E-state index in [1.54, 1.807) is 18.2 Å². The molecule has 4 rings (SSSR count). The molecule has 0 amide bonds. The van der Waals surface area contributed by atoms with Crippen LogP contribution in [0.3, 0.4) is 0 Å². The molecule has 0 radical (unpaired) electrons. The van der Waals surface area contributed by atoms with Gasteiger partial charge in [0.2, 0.25) is 0 Å². The van der Waals surface area contributed by atoms with Crippen molar-refractivity contribution in [1.82, 2.24) is 5.16 Å². The van der Waals surface area contributed by atoms with Gasteiger partial charge in [0.05, 0.1) is 6.54 Å². The highest BCUT2D eigenvalue weighted by Gasteiger charge is 2.51. The lowest BCUT2D eigenvalue weighted by atomic mass is 9.99. The normalized spacial score (nSPS) is 22.6. The number of nitrogens with one attached hydrogen (secondary N) is 1. The van der Waals surface area contributed by atoms with Crippen molar-refractivity contribution < 1.29 is 18.0 Å². The minimum Gasteiger partial charge on any atom is -0.379 e. The summed E-state index contributed by atoms with van der Waals surface area (Å²) in [6, 6.07) is 8.90. The van der Waals surface area contributed by atoms with Gasteiger partial charge in [0.25, 0.3) is 0 Å². The van der Waals surface area contributed by atoms with Crippen LogP contribution >= 0.6 is 0 Å². The number of ether oxygens (including phenoxy) is 1. The van der Waals surface area contributed by atoms with E-state index in [-0.39, 0.29) is 0 Å². The minimum atomic E-state index is -2.78. The number of anilines is 1. The van der Waals surface area contributed by atoms with Crippen molar-refractivity contribution in [3.05, 3.63) is 47.3 Å². The Hall–Kier alpha value is -1.95. The highest BCUT2D eigenvalue weighted by molar-refractivity contribution is 5.47. The van der Waals surface area contributed by atoms with Crippen LogP contribution in [-0.4, -0.2) is 17.7 Å². The first kappa shape index (κ1) is 14.6. The topological polar surface area (TPSA) is 47.3 Å². The van der Waals surface area contributed by atoms with Crippen LogP contribution in [0.2, 0.25) is 0 Å². The fourth-order valence-corrected chi connectivity index (χ4v) is 2.78. The Bertz CT molecular complexity index is 697. The number of alkyl halides is 2. The van der Waals surface area contributed by atoms with E-state index in [1.807, 2.05) is 12.1 Å². The molecule has 23 heavy (non-hydrogen) atoms. The van der Waals surface area contributed by atoms with E-state index in [2.05, 4.69) is 10.5 Å². The summed E-state index contributed by atoms with van der Waals surface area (Å²) in [5.74, 6) is -1.10. The van der Waals surface area contributed by atoms with Crippen LogP contribution in [0.25, 0.3) is 0 Å². The predicted molar refractivity (Wildman–Crippen MR) is 80.3 cm³/mol. The highest BCUT2D eigenvalue weighted by atomic mass is 19.3. The molecule has 6 heteroatoms. The Balaban J connectivity index is 1.38. The lowest BCUT2D eigenvalue weighted by Gasteiger charge is -2.36. The van der Waals surface area contributed by atoms with Crippen LogP contribution in [0.15, 0.2) is 34.9 Å². The Morgan fingerprint density at radius 3 is 2.83 bits per heavy atom. The summed E-state index contributed by atoms with van der Waals surface area (Å²) in [6.45, 7) is -0.00241. The van der Waals surface area contributed by atoms with Crippen molar-refractivity contribution in [2.45, 2.75) is 37.8 Å². The van der Waals surface area contributed by atoms with Gasteiger partial charge in [0.1, 0.15) is 24.2 Å². The zero-order chi connectivity index (χ0) is 15.9. The van der Waals surface area contributed by atoms with Gasteiger partial charge in [-0.05, 0) is 36.5 Å². The number of rotatable bonds is 6. The Morgan fingerprint density at radius 2 is 2.13 bits per heavy atom. The largest absolute Gasteiger partial charge is 0.379 e. The molecular weight excluding hydrogens is 302 g/mol. The first-order valence-corrected chi connectivity index (χ1v) is 7.88. The standard InChI is InChI=1S/C17H18F2N2O2/c18-17(19)10-22-16(17)12-2-1-3-13(7-12)20-9-14-8-15(23-21-14)6-11-4-5-11/h1-3,7-8,11,16,20H,4-6,9-10H2. The molecule has 122 valence electrons. The molecule has 1 atom stereocenters. The quantitative estimate of drug-likeness (QED) is 0.875. The Morgan fingerprint density at radius 1 is 1.26 bits per heavy atom. The zero-order valence-corrected chi connectivity index (χ0v) is 12.6. The van der Waals surface area contributed by atoms with E-state index in [9.17, 15) is 8.78 Å². The third kappa shape index (κ3) is 3.22. The van der Waals surface area contributed by atoms with Crippen LogP contribution in [0.5, 0.6) is 0 Å². The summed E-state index contributed by atoms with van der Waals surface area (Å²) < 4.78 is 37.1. The molecule has 1 unspecified atom stereocenters. The number of benzene rings is 1. The lowest BCUT2D eigenvalue weighted by Crippen LogP contribution is -2.44. The second-order valence-corrected chi connectivity index (χ2v) is 6.36. The molecule has 1 aliphatic carbocycles. The third-order valence-electron chi connectivity index (χ3n) is 4.28. The van der Waals surface area contributed by atoms with Gasteiger partial charge in [-0.3, -0.25) is 0 Å². The maximum absolute atomic E-state index is 13.4. The number of hydrogen-bond acceptors (Lipinski definition) is 4. The molecule has 2 aliphatic rings. The van der Waals surface area contributed by atoms with Crippen molar-refractivity contribution in [3.63, 3.8) is 0 Å². The Labute approximate surface area is 132 Å². The molecule has 0 spiro atoms. The molecule has 0 bridgehead atoms. The first-order valence-electron chi connectivity index (χ1n) is 7.88. The molecule has 2 fully saturated rings. The number of hydrogen-bond donors (Lipinski definition) is 1. The predicted octanol–water partition coefficient (Wildman–Crippen LogP) is 3.95. The van der Waals surface area contributed by atoms with Crippen molar-refractivity contribution in [2.24, 2.45) is 5.92 Å². The third-order valence-corrected chi connectivity index (χ3v) is 4.28. The highest BCUT2D eigenvalue weighted by Crippen LogP contribution is 2.43. The van der Waals surface area contributed by atoms with Crippen molar-refractivity contribution in [1.29, 1.82) is 0 Å². The summed E-state index contributed by atoms with van der Waals surface area (Å²) >= 11 is 0. The second-order valence-electron chi connectivity index (χ2n) is 6.36. The van der Waals surface area contributed by atoms with Crippen molar-refractivity contribution in [3.8, 4) is 0 Å². The van der Waals surface area contributed by atoms with Gasteiger partial charge in [0, 0.05) is 18.2 Å². The molecule has 1 saturated heterocycles. The molecule has 1 saturated carbocycles. The smallest absolute Gasteiger partial charge is 0.300 e. The second kappa shape index (κ2) is 5.60. The van der Waals surface area contributed by atoms with Gasteiger partial charge in [-0.2, -0.15) is 0 Å². The van der Waals surface area contributed by atoms with Gasteiger partial charge in [-0.25, -0.2) is 8.78 Å². The lowest BCUT2D eigenvalue weighted by molar-refractivity contribution is -0.268. The van der Waals surface area contributed by atoms with Crippen LogP contribution in [0.4, 0.5) is 14.5 Å². The van der Waals surface area contributed by atoms with E-state index in [0.29, 0.717) is 12.1 Å². The molecule has 2 aromatic rings.